The lowest BCUT2D eigenvalue weighted by molar-refractivity contribution is -0.114. The van der Waals surface area contributed by atoms with E-state index in [1.807, 2.05) is 55.6 Å². The van der Waals surface area contributed by atoms with E-state index in [4.69, 9.17) is 11.6 Å². The number of nitrogens with zero attached hydrogens (tertiary/aromatic N) is 2. The molecule has 0 spiro atoms. The third-order valence-electron chi connectivity index (χ3n) is 5.36. The summed E-state index contributed by atoms with van der Waals surface area (Å²) in [7, 11) is -2.01. The van der Waals surface area contributed by atoms with Crippen molar-refractivity contribution in [2.45, 2.75) is 18.4 Å². The average molecular weight is 528 g/mol. The number of carbonyl (C=O) groups excluding carboxylic acids is 1. The minimum Gasteiger partial charge on any atom is -0.394 e. The zero-order valence-electron chi connectivity index (χ0n) is 20.3. The Morgan fingerprint density at radius 1 is 1.03 bits per heavy atom. The molecule has 0 unspecified atom stereocenters. The highest BCUT2D eigenvalue weighted by Crippen LogP contribution is 2.28. The van der Waals surface area contributed by atoms with Crippen LogP contribution in [0.5, 0.6) is 0 Å². The van der Waals surface area contributed by atoms with Gasteiger partial charge < -0.3 is 10.4 Å². The van der Waals surface area contributed by atoms with Crippen LogP contribution in [0, 0.1) is 0 Å². The van der Waals surface area contributed by atoms with E-state index in [0.717, 1.165) is 11.1 Å². The molecule has 0 saturated heterocycles. The molecule has 7 nitrogen and oxygen atoms in total. The summed E-state index contributed by atoms with van der Waals surface area (Å²) in [6.45, 7) is 2.10. The van der Waals surface area contributed by atoms with Gasteiger partial charge in [0, 0.05) is 30.7 Å². The maximum Gasteiger partial charge on any atom is 0.264 e. The van der Waals surface area contributed by atoms with Crippen LogP contribution in [0.2, 0.25) is 5.02 Å². The third kappa shape index (κ3) is 7.41. The normalized spacial score (nSPS) is 11.7. The van der Waals surface area contributed by atoms with Crippen molar-refractivity contribution in [2.24, 2.45) is 0 Å². The van der Waals surface area contributed by atoms with E-state index in [0.29, 0.717) is 29.5 Å². The molecule has 0 aliphatic heterocycles. The maximum atomic E-state index is 13.5. The summed E-state index contributed by atoms with van der Waals surface area (Å²) in [5, 5.41) is 13.0. The second-order valence-corrected chi connectivity index (χ2v) is 10.6. The average Bonchev–Trinajstić information content (AvgIpc) is 2.84. The number of aliphatic hydroxyl groups is 1. The number of hydrogen-bond acceptors (Lipinski definition) is 5. The highest BCUT2D eigenvalue weighted by atomic mass is 35.5. The van der Waals surface area contributed by atoms with E-state index in [1.165, 1.54) is 35.5 Å². The Hall–Kier alpha value is -3.17. The quantitative estimate of drug-likeness (QED) is 0.379. The summed E-state index contributed by atoms with van der Waals surface area (Å²) in [6, 6.07) is 20.8. The van der Waals surface area contributed by atoms with Gasteiger partial charge in [-0.15, -0.1) is 0 Å². The van der Waals surface area contributed by atoms with E-state index in [-0.39, 0.29) is 24.0 Å². The molecule has 190 valence electrons. The van der Waals surface area contributed by atoms with Gasteiger partial charge in [-0.2, -0.15) is 0 Å². The lowest BCUT2D eigenvalue weighted by atomic mass is 10.1. The van der Waals surface area contributed by atoms with E-state index >= 15 is 0 Å². The summed E-state index contributed by atoms with van der Waals surface area (Å²) in [6.07, 6.45) is 4.04. The number of anilines is 2. The number of nitrogens with one attached hydrogen (secondary N) is 1. The molecule has 3 aromatic rings. The Labute approximate surface area is 217 Å². The number of likely N-dealkylation sites (N-methyl/N-ethyl adjacent to an activating group) is 1. The first-order chi connectivity index (χ1) is 17.2. The summed E-state index contributed by atoms with van der Waals surface area (Å²) in [5.74, 6) is -0.242. The molecule has 0 aliphatic carbocycles. The Balaban J connectivity index is 1.80. The number of para-hydroxylation sites is 1. The van der Waals surface area contributed by atoms with Crippen molar-refractivity contribution < 1.29 is 18.3 Å². The van der Waals surface area contributed by atoms with Gasteiger partial charge in [-0.25, -0.2) is 8.42 Å². The van der Waals surface area contributed by atoms with Crippen molar-refractivity contribution in [3.05, 3.63) is 95.0 Å². The predicted octanol–water partition coefficient (Wildman–Crippen LogP) is 4.63. The molecule has 0 heterocycles. The molecule has 9 heteroatoms. The molecular weight excluding hydrogens is 498 g/mol. The van der Waals surface area contributed by atoms with Crippen molar-refractivity contribution in [3.63, 3.8) is 0 Å². The largest absolute Gasteiger partial charge is 0.394 e. The second kappa shape index (κ2) is 12.7. The second-order valence-electron chi connectivity index (χ2n) is 8.29. The number of sulfonamides is 1. The summed E-state index contributed by atoms with van der Waals surface area (Å²) in [5.41, 5.74) is 2.86. The van der Waals surface area contributed by atoms with Gasteiger partial charge in [0.25, 0.3) is 10.0 Å². The monoisotopic (exact) mass is 527 g/mol. The minimum absolute atomic E-state index is 0.0686. The van der Waals surface area contributed by atoms with Gasteiger partial charge in [0.1, 0.15) is 0 Å². The predicted molar refractivity (Wildman–Crippen MR) is 146 cm³/mol. The Bertz CT molecular complexity index is 1290. The highest BCUT2D eigenvalue weighted by Gasteiger charge is 2.26. The molecule has 0 aliphatic rings. The first kappa shape index (κ1) is 27.4. The van der Waals surface area contributed by atoms with Crippen LogP contribution in [0.25, 0.3) is 6.08 Å². The molecule has 0 atom stereocenters. The molecule has 0 fully saturated rings. The Morgan fingerprint density at radius 2 is 1.69 bits per heavy atom. The van der Waals surface area contributed by atoms with Gasteiger partial charge in [0.2, 0.25) is 5.91 Å². The molecule has 3 rings (SSSR count). The summed E-state index contributed by atoms with van der Waals surface area (Å²) in [4.78, 5) is 13.4. The SMILES string of the molecule is CC(=O)Nc1ccc(S(=O)(=O)N(CCO)c2ccccc2CN(C)C/C=C/c2ccc(Cl)cc2)cc1. The first-order valence-corrected chi connectivity index (χ1v) is 13.2. The number of aliphatic hydroxyl groups excluding tert-OH is 1. The summed E-state index contributed by atoms with van der Waals surface area (Å²) < 4.78 is 28.3. The van der Waals surface area contributed by atoms with Crippen molar-refractivity contribution in [3.8, 4) is 0 Å². The smallest absolute Gasteiger partial charge is 0.264 e. The number of hydrogen-bond donors (Lipinski definition) is 2. The molecule has 0 saturated carbocycles. The van der Waals surface area contributed by atoms with E-state index < -0.39 is 10.0 Å². The van der Waals surface area contributed by atoms with Gasteiger partial charge in [-0.1, -0.05) is 54.1 Å². The van der Waals surface area contributed by atoms with E-state index in [9.17, 15) is 18.3 Å². The Kier molecular flexibility index (Phi) is 9.66. The molecular formula is C27H30ClN3O4S. The fraction of sp³-hybridized carbons (Fsp3) is 0.222. The number of carbonyl (C=O) groups is 1. The molecule has 3 aromatic carbocycles. The number of rotatable bonds is 11. The highest BCUT2D eigenvalue weighted by molar-refractivity contribution is 7.92. The number of halogens is 1. The number of amides is 1. The maximum absolute atomic E-state index is 13.5. The van der Waals surface area contributed by atoms with Crippen molar-refractivity contribution in [1.29, 1.82) is 0 Å². The molecule has 36 heavy (non-hydrogen) atoms. The Morgan fingerprint density at radius 3 is 2.33 bits per heavy atom. The fourth-order valence-corrected chi connectivity index (χ4v) is 5.31. The first-order valence-electron chi connectivity index (χ1n) is 11.4. The van der Waals surface area contributed by atoms with E-state index in [2.05, 4.69) is 10.2 Å². The topological polar surface area (TPSA) is 90.0 Å². The van der Waals surface area contributed by atoms with Crippen LogP contribution in [0.3, 0.4) is 0 Å². The van der Waals surface area contributed by atoms with Crippen molar-refractivity contribution in [2.75, 3.05) is 36.4 Å². The minimum atomic E-state index is -3.96. The summed E-state index contributed by atoms with van der Waals surface area (Å²) >= 11 is 5.94. The molecule has 0 radical (unpaired) electrons. The zero-order chi connectivity index (χ0) is 26.1. The standard InChI is InChI=1S/C27H30ClN3O4S/c1-21(33)29-25-13-15-26(16-14-25)36(34,35)31(18-19-32)27-8-4-3-7-23(27)20-30(2)17-5-6-22-9-11-24(28)12-10-22/h3-16,32H,17-20H2,1-2H3,(H,29,33)/b6-5+. The van der Waals surface area contributed by atoms with Crippen LogP contribution < -0.4 is 9.62 Å². The third-order valence-corrected chi connectivity index (χ3v) is 7.44. The van der Waals surface area contributed by atoms with Gasteiger partial charge in [-0.3, -0.25) is 14.0 Å². The molecule has 0 aromatic heterocycles. The van der Waals surface area contributed by atoms with Crippen LogP contribution in [0.15, 0.2) is 83.8 Å². The van der Waals surface area contributed by atoms with Crippen LogP contribution >= 0.6 is 11.6 Å². The molecule has 1 amide bonds. The number of benzene rings is 3. The van der Waals surface area contributed by atoms with Crippen molar-refractivity contribution >= 4 is 45.0 Å². The van der Waals surface area contributed by atoms with E-state index in [1.54, 1.807) is 12.1 Å². The van der Waals surface area contributed by atoms with Crippen LogP contribution in [-0.2, 0) is 21.4 Å². The molecule has 2 N–H and O–H groups in total. The van der Waals surface area contributed by atoms with Crippen LogP contribution in [0.4, 0.5) is 11.4 Å². The van der Waals surface area contributed by atoms with Gasteiger partial charge in [0.05, 0.1) is 23.7 Å². The van der Waals surface area contributed by atoms with Crippen LogP contribution in [0.1, 0.15) is 18.1 Å². The van der Waals surface area contributed by atoms with Gasteiger partial charge in [-0.05, 0) is 60.6 Å². The lowest BCUT2D eigenvalue weighted by Gasteiger charge is -2.27. The fourth-order valence-electron chi connectivity index (χ4n) is 3.69. The van der Waals surface area contributed by atoms with Crippen LogP contribution in [-0.4, -0.2) is 51.1 Å². The van der Waals surface area contributed by atoms with Gasteiger partial charge >= 0.3 is 0 Å². The zero-order valence-corrected chi connectivity index (χ0v) is 21.8. The van der Waals surface area contributed by atoms with Crippen molar-refractivity contribution in [1.82, 2.24) is 4.90 Å². The van der Waals surface area contributed by atoms with Gasteiger partial charge in [0.15, 0.2) is 0 Å². The molecule has 0 bridgehead atoms. The lowest BCUT2D eigenvalue weighted by Crippen LogP contribution is -2.35.